The Morgan fingerprint density at radius 2 is 0.972 bits per heavy atom. The Labute approximate surface area is 207 Å². The van der Waals surface area contributed by atoms with Gasteiger partial charge >= 0.3 is 0 Å². The second-order valence-corrected chi connectivity index (χ2v) is 8.81. The summed E-state index contributed by atoms with van der Waals surface area (Å²) in [7, 11) is 0. The van der Waals surface area contributed by atoms with Gasteiger partial charge in [0.1, 0.15) is 61.0 Å². The highest BCUT2D eigenvalue weighted by molar-refractivity contribution is 5.85. The highest BCUT2D eigenvalue weighted by Crippen LogP contribution is 2.23. The van der Waals surface area contributed by atoms with E-state index in [-0.39, 0.29) is 0 Å². The molecule has 10 heteroatoms. The van der Waals surface area contributed by atoms with E-state index in [1.54, 1.807) is 24.3 Å². The van der Waals surface area contributed by atoms with Crippen LogP contribution in [0.2, 0.25) is 0 Å². The van der Waals surface area contributed by atoms with Crippen molar-refractivity contribution in [3.63, 3.8) is 0 Å². The number of aliphatic hydroxyl groups is 8. The Hall–Kier alpha value is -2.58. The molecule has 8 unspecified atom stereocenters. The summed E-state index contributed by atoms with van der Waals surface area (Å²) in [5, 5.41) is 80.2. The molecule has 8 N–H and O–H groups in total. The zero-order valence-corrected chi connectivity index (χ0v) is 19.0. The van der Waals surface area contributed by atoms with Crippen molar-refractivity contribution >= 4 is 10.8 Å². The molecule has 0 spiro atoms. The molecule has 2 aliphatic rings. The van der Waals surface area contributed by atoms with Crippen molar-refractivity contribution in [1.82, 2.24) is 0 Å². The maximum absolute atomic E-state index is 10.1. The summed E-state index contributed by atoms with van der Waals surface area (Å²) in [6, 6.07) is 10.8. The molecule has 10 atom stereocenters. The minimum absolute atomic E-state index is 0.536. The predicted molar refractivity (Wildman–Crippen MR) is 125 cm³/mol. The maximum Gasteiger partial charge on any atom is 0.147 e. The number of fused-ring (bicyclic) bond motifs is 1. The van der Waals surface area contributed by atoms with Crippen molar-refractivity contribution in [2.24, 2.45) is 0 Å². The number of hydrogen-bond donors (Lipinski definition) is 8. The molecule has 2 heterocycles. The fourth-order valence-corrected chi connectivity index (χ4v) is 4.15. The normalized spacial score (nSPS) is 36.4. The lowest BCUT2D eigenvalue weighted by molar-refractivity contribution is -0.214. The van der Waals surface area contributed by atoms with E-state index < -0.39 is 74.3 Å². The van der Waals surface area contributed by atoms with Gasteiger partial charge in [-0.15, -0.1) is 0 Å². The van der Waals surface area contributed by atoms with Crippen LogP contribution in [0.3, 0.4) is 0 Å². The molecular formula is C26H28O10. The van der Waals surface area contributed by atoms with Crippen LogP contribution in [0.5, 0.6) is 0 Å². The van der Waals surface area contributed by atoms with Crippen molar-refractivity contribution in [3.8, 4) is 23.7 Å². The number of benzene rings is 2. The Balaban J connectivity index is 1.54. The monoisotopic (exact) mass is 500 g/mol. The van der Waals surface area contributed by atoms with Crippen molar-refractivity contribution in [1.29, 1.82) is 0 Å². The van der Waals surface area contributed by atoms with Gasteiger partial charge in [0.25, 0.3) is 0 Å². The molecule has 0 aromatic heterocycles. The molecule has 0 radical (unpaired) electrons. The highest BCUT2D eigenvalue weighted by Gasteiger charge is 2.43. The van der Waals surface area contributed by atoms with Crippen LogP contribution in [0.25, 0.3) is 10.8 Å². The SMILES string of the molecule is OCC1OC(C#Cc2ccc3ccc(C#CC4OC(CO)[C@@H](O)C(O)C4O)cc3c2)C(O)C(O)[C@@H]1O. The number of rotatable bonds is 2. The molecule has 0 bridgehead atoms. The van der Waals surface area contributed by atoms with Gasteiger partial charge in [-0.3, -0.25) is 0 Å². The quantitative estimate of drug-likeness (QED) is 0.201. The molecule has 0 amide bonds. The first-order valence-corrected chi connectivity index (χ1v) is 11.4. The molecule has 0 saturated carbocycles. The molecule has 0 aliphatic carbocycles. The van der Waals surface area contributed by atoms with E-state index in [4.69, 9.17) is 9.47 Å². The van der Waals surface area contributed by atoms with Gasteiger partial charge in [0, 0.05) is 11.1 Å². The lowest BCUT2D eigenvalue weighted by atomic mass is 9.95. The lowest BCUT2D eigenvalue weighted by Crippen LogP contribution is -2.58. The molecular weight excluding hydrogens is 472 g/mol. The Morgan fingerprint density at radius 1 is 0.556 bits per heavy atom. The second-order valence-electron chi connectivity index (χ2n) is 8.81. The standard InChI is InChI=1S/C26H28O10/c27-11-19-23(31)25(33)21(29)17(35-19)7-3-13-1-5-15-6-2-14(10-16(15)9-13)4-8-18-22(30)26(34)24(32)20(12-28)36-18/h1-2,5-6,9-10,17-34H,11-12H2/t17?,18?,19?,20?,21?,22?,23-,24-,25?,26?/m1/s1. The molecule has 2 fully saturated rings. The Morgan fingerprint density at radius 3 is 1.36 bits per heavy atom. The fraction of sp³-hybridized carbons (Fsp3) is 0.462. The van der Waals surface area contributed by atoms with E-state index in [2.05, 4.69) is 23.7 Å². The van der Waals surface area contributed by atoms with Gasteiger partial charge in [-0.05, 0) is 35.0 Å². The third-order valence-electron chi connectivity index (χ3n) is 6.34. The van der Waals surface area contributed by atoms with E-state index in [9.17, 15) is 40.9 Å². The van der Waals surface area contributed by atoms with Gasteiger partial charge in [-0.1, -0.05) is 35.8 Å². The minimum Gasteiger partial charge on any atom is -0.394 e. The Kier molecular flexibility index (Phi) is 8.25. The van der Waals surface area contributed by atoms with Crippen molar-refractivity contribution < 1.29 is 50.3 Å². The summed E-state index contributed by atoms with van der Waals surface area (Å²) in [5.41, 5.74) is 1.16. The van der Waals surface area contributed by atoms with Crippen molar-refractivity contribution in [2.45, 2.75) is 61.0 Å². The van der Waals surface area contributed by atoms with E-state index >= 15 is 0 Å². The largest absolute Gasteiger partial charge is 0.394 e. The predicted octanol–water partition coefficient (Wildman–Crippen LogP) is -2.77. The molecule has 2 aromatic rings. The van der Waals surface area contributed by atoms with E-state index in [0.717, 1.165) is 10.8 Å². The van der Waals surface area contributed by atoms with E-state index in [1.165, 1.54) is 0 Å². The molecule has 36 heavy (non-hydrogen) atoms. The van der Waals surface area contributed by atoms with Gasteiger partial charge in [0.15, 0.2) is 0 Å². The zero-order valence-electron chi connectivity index (χ0n) is 19.0. The molecule has 4 rings (SSSR count). The van der Waals surface area contributed by atoms with Crippen LogP contribution in [-0.2, 0) is 9.47 Å². The highest BCUT2D eigenvalue weighted by atomic mass is 16.5. The molecule has 2 aromatic carbocycles. The van der Waals surface area contributed by atoms with Crippen LogP contribution in [0.4, 0.5) is 0 Å². The second kappa shape index (κ2) is 11.2. The summed E-state index contributed by atoms with van der Waals surface area (Å²) < 4.78 is 10.8. The van der Waals surface area contributed by atoms with Gasteiger partial charge < -0.3 is 50.3 Å². The van der Waals surface area contributed by atoms with E-state index in [1.807, 2.05) is 12.1 Å². The van der Waals surface area contributed by atoms with Crippen LogP contribution in [0.1, 0.15) is 11.1 Å². The van der Waals surface area contributed by atoms with E-state index in [0.29, 0.717) is 11.1 Å². The first-order valence-electron chi connectivity index (χ1n) is 11.4. The Bertz CT molecular complexity index is 1100. The third kappa shape index (κ3) is 5.39. The first kappa shape index (κ1) is 26.5. The minimum atomic E-state index is -1.50. The van der Waals surface area contributed by atoms with Crippen LogP contribution >= 0.6 is 0 Å². The summed E-state index contributed by atoms with van der Waals surface area (Å²) in [6.45, 7) is -1.07. The van der Waals surface area contributed by atoms with Crippen molar-refractivity contribution in [2.75, 3.05) is 13.2 Å². The maximum atomic E-state index is 10.1. The van der Waals surface area contributed by atoms with Gasteiger partial charge in [0.2, 0.25) is 0 Å². The van der Waals surface area contributed by atoms with Crippen LogP contribution in [-0.4, -0.2) is 115 Å². The summed E-state index contributed by atoms with van der Waals surface area (Å²) in [5.74, 6) is 11.2. The van der Waals surface area contributed by atoms with Gasteiger partial charge in [-0.2, -0.15) is 0 Å². The number of hydrogen-bond acceptors (Lipinski definition) is 10. The van der Waals surface area contributed by atoms with Gasteiger partial charge in [-0.25, -0.2) is 0 Å². The number of ether oxygens (including phenoxy) is 2. The number of aliphatic hydroxyl groups excluding tert-OH is 8. The molecule has 2 saturated heterocycles. The first-order chi connectivity index (χ1) is 17.2. The topological polar surface area (TPSA) is 180 Å². The molecule has 192 valence electrons. The third-order valence-corrected chi connectivity index (χ3v) is 6.34. The molecule has 10 nitrogen and oxygen atoms in total. The summed E-state index contributed by atoms with van der Waals surface area (Å²) >= 11 is 0. The van der Waals surface area contributed by atoms with Crippen LogP contribution in [0.15, 0.2) is 36.4 Å². The fourth-order valence-electron chi connectivity index (χ4n) is 4.15. The average Bonchev–Trinajstić information content (AvgIpc) is 2.89. The average molecular weight is 501 g/mol. The smallest absolute Gasteiger partial charge is 0.147 e. The summed E-state index contributed by atoms with van der Waals surface area (Å²) in [4.78, 5) is 0. The summed E-state index contributed by atoms with van der Waals surface area (Å²) in [6.07, 6.45) is -13.1. The van der Waals surface area contributed by atoms with Crippen LogP contribution < -0.4 is 0 Å². The zero-order chi connectivity index (χ0) is 26.0. The van der Waals surface area contributed by atoms with Gasteiger partial charge in [0.05, 0.1) is 13.2 Å². The van der Waals surface area contributed by atoms with Crippen LogP contribution in [0, 0.1) is 23.7 Å². The lowest BCUT2D eigenvalue weighted by Gasteiger charge is -2.37. The molecule has 2 aliphatic heterocycles. The van der Waals surface area contributed by atoms with Crippen molar-refractivity contribution in [3.05, 3.63) is 47.5 Å².